The molecule has 2 rings (SSSR count). The number of thioether (sulfide) groups is 1. The number of pyridine rings is 1. The van der Waals surface area contributed by atoms with E-state index in [0.29, 0.717) is 18.1 Å². The average Bonchev–Trinajstić information content (AvgIpc) is 2.46. The number of aromatic nitrogens is 1. The Morgan fingerprint density at radius 1 is 1.53 bits per heavy atom. The Labute approximate surface area is 117 Å². The van der Waals surface area contributed by atoms with Crippen LogP contribution in [0.1, 0.15) is 25.0 Å². The fourth-order valence-electron chi connectivity index (χ4n) is 1.87. The predicted molar refractivity (Wildman–Crippen MR) is 78.9 cm³/mol. The minimum absolute atomic E-state index is 0.0427. The van der Waals surface area contributed by atoms with Crippen molar-refractivity contribution in [1.82, 2.24) is 4.98 Å². The van der Waals surface area contributed by atoms with Crippen molar-refractivity contribution in [2.45, 2.75) is 24.5 Å². The second-order valence-corrected chi connectivity index (χ2v) is 5.57. The maximum absolute atomic E-state index is 12.1. The maximum atomic E-state index is 12.1. The molecule has 0 saturated carbocycles. The van der Waals surface area contributed by atoms with Crippen molar-refractivity contribution >= 4 is 23.5 Å². The van der Waals surface area contributed by atoms with Gasteiger partial charge in [-0.1, -0.05) is 18.4 Å². The quantitative estimate of drug-likeness (QED) is 0.805. The highest BCUT2D eigenvalue weighted by Gasteiger charge is 2.21. The summed E-state index contributed by atoms with van der Waals surface area (Å²) in [4.78, 5) is 16.3. The van der Waals surface area contributed by atoms with Crippen molar-refractivity contribution in [1.29, 1.82) is 0 Å². The van der Waals surface area contributed by atoms with Gasteiger partial charge in [0.05, 0.1) is 11.8 Å². The Morgan fingerprint density at radius 3 is 3.16 bits per heavy atom. The predicted octanol–water partition coefficient (Wildman–Crippen LogP) is 1.62. The minimum Gasteiger partial charge on any atom is -0.320 e. The standard InChI is InChI=1S/C14H17N3OS/c15-9-4-6-11-5-3-8-13(16-11)17-14(18)12-7-1-2-10-19-12/h3,5,8,12H,1-2,7,9-10,15H2,(H,16,17,18). The molecule has 1 saturated heterocycles. The third-order valence-corrected chi connectivity index (χ3v) is 4.17. The summed E-state index contributed by atoms with van der Waals surface area (Å²) in [5.74, 6) is 7.26. The van der Waals surface area contributed by atoms with Gasteiger partial charge in [0.25, 0.3) is 0 Å². The molecule has 0 aliphatic carbocycles. The molecule has 0 bridgehead atoms. The van der Waals surface area contributed by atoms with Crippen LogP contribution >= 0.6 is 11.8 Å². The normalized spacial score (nSPS) is 18.3. The van der Waals surface area contributed by atoms with Crippen molar-refractivity contribution in [2.75, 3.05) is 17.6 Å². The molecule has 1 aliphatic rings. The van der Waals surface area contributed by atoms with E-state index in [1.165, 1.54) is 6.42 Å². The van der Waals surface area contributed by atoms with E-state index in [1.807, 2.05) is 6.07 Å². The van der Waals surface area contributed by atoms with Gasteiger partial charge < -0.3 is 11.1 Å². The van der Waals surface area contributed by atoms with Gasteiger partial charge in [0.1, 0.15) is 11.5 Å². The van der Waals surface area contributed by atoms with Crippen molar-refractivity contribution < 1.29 is 4.79 Å². The van der Waals surface area contributed by atoms with Gasteiger partial charge >= 0.3 is 0 Å². The lowest BCUT2D eigenvalue weighted by Gasteiger charge is -2.20. The summed E-state index contributed by atoms with van der Waals surface area (Å²) < 4.78 is 0. The first-order valence-electron chi connectivity index (χ1n) is 6.38. The van der Waals surface area contributed by atoms with E-state index in [4.69, 9.17) is 5.73 Å². The van der Waals surface area contributed by atoms with E-state index in [2.05, 4.69) is 22.1 Å². The molecular weight excluding hydrogens is 258 g/mol. The van der Waals surface area contributed by atoms with Gasteiger partial charge in [-0.2, -0.15) is 0 Å². The molecule has 0 radical (unpaired) electrons. The van der Waals surface area contributed by atoms with Crippen LogP contribution in [0.15, 0.2) is 18.2 Å². The van der Waals surface area contributed by atoms with Gasteiger partial charge in [0.15, 0.2) is 0 Å². The summed E-state index contributed by atoms with van der Waals surface area (Å²) >= 11 is 1.72. The second kappa shape index (κ2) is 7.17. The van der Waals surface area contributed by atoms with Crippen LogP contribution in [0.3, 0.4) is 0 Å². The summed E-state index contributed by atoms with van der Waals surface area (Å²) in [6.45, 7) is 0.303. The number of hydrogen-bond donors (Lipinski definition) is 2. The number of carbonyl (C=O) groups is 1. The van der Waals surface area contributed by atoms with E-state index in [1.54, 1.807) is 23.9 Å². The first-order chi connectivity index (χ1) is 9.29. The lowest BCUT2D eigenvalue weighted by molar-refractivity contribution is -0.115. The number of nitrogens with zero attached hydrogens (tertiary/aromatic N) is 1. The van der Waals surface area contributed by atoms with E-state index >= 15 is 0 Å². The van der Waals surface area contributed by atoms with Crippen LogP contribution in [0.5, 0.6) is 0 Å². The number of rotatable bonds is 2. The van der Waals surface area contributed by atoms with Gasteiger partial charge in [0, 0.05) is 0 Å². The molecule has 1 atom stereocenters. The molecule has 1 amide bonds. The van der Waals surface area contributed by atoms with Gasteiger partial charge in [-0.3, -0.25) is 4.79 Å². The van der Waals surface area contributed by atoms with Crippen molar-refractivity contribution in [3.8, 4) is 11.8 Å². The zero-order valence-electron chi connectivity index (χ0n) is 10.7. The number of nitrogens with two attached hydrogens (primary N) is 1. The molecular formula is C14H17N3OS. The van der Waals surface area contributed by atoms with Crippen molar-refractivity contribution in [3.63, 3.8) is 0 Å². The number of anilines is 1. The molecule has 1 fully saturated rings. The van der Waals surface area contributed by atoms with Crippen LogP contribution in [0.4, 0.5) is 5.82 Å². The van der Waals surface area contributed by atoms with Crippen LogP contribution in [0, 0.1) is 11.8 Å². The fourth-order valence-corrected chi connectivity index (χ4v) is 3.07. The lowest BCUT2D eigenvalue weighted by atomic mass is 10.2. The molecule has 100 valence electrons. The maximum Gasteiger partial charge on any atom is 0.238 e. The number of amides is 1. The SMILES string of the molecule is NCC#Cc1cccc(NC(=O)C2CCCCS2)n1. The van der Waals surface area contributed by atoms with E-state index < -0.39 is 0 Å². The molecule has 1 aromatic heterocycles. The lowest BCUT2D eigenvalue weighted by Crippen LogP contribution is -2.27. The summed E-state index contributed by atoms with van der Waals surface area (Å²) in [5, 5.41) is 2.91. The summed E-state index contributed by atoms with van der Waals surface area (Å²) in [5.41, 5.74) is 5.94. The highest BCUT2D eigenvalue weighted by molar-refractivity contribution is 8.00. The molecule has 1 aromatic rings. The van der Waals surface area contributed by atoms with Gasteiger partial charge in [-0.25, -0.2) is 4.98 Å². The van der Waals surface area contributed by atoms with Crippen LogP contribution < -0.4 is 11.1 Å². The third kappa shape index (κ3) is 4.27. The van der Waals surface area contributed by atoms with E-state index in [-0.39, 0.29) is 11.2 Å². The average molecular weight is 275 g/mol. The Morgan fingerprint density at radius 2 is 2.42 bits per heavy atom. The molecule has 1 aliphatic heterocycles. The smallest absolute Gasteiger partial charge is 0.238 e. The van der Waals surface area contributed by atoms with Crippen molar-refractivity contribution in [2.24, 2.45) is 5.73 Å². The highest BCUT2D eigenvalue weighted by Crippen LogP contribution is 2.25. The van der Waals surface area contributed by atoms with Crippen LogP contribution in [0.25, 0.3) is 0 Å². The summed E-state index contributed by atoms with van der Waals surface area (Å²) in [6.07, 6.45) is 3.28. The molecule has 2 heterocycles. The molecule has 4 nitrogen and oxygen atoms in total. The Balaban J connectivity index is 1.99. The first-order valence-corrected chi connectivity index (χ1v) is 7.43. The van der Waals surface area contributed by atoms with Crippen LogP contribution in [-0.2, 0) is 4.79 Å². The minimum atomic E-state index is 0.0427. The summed E-state index contributed by atoms with van der Waals surface area (Å²) in [6, 6.07) is 5.41. The third-order valence-electron chi connectivity index (χ3n) is 2.79. The van der Waals surface area contributed by atoms with Crippen molar-refractivity contribution in [3.05, 3.63) is 23.9 Å². The molecule has 1 unspecified atom stereocenters. The number of hydrogen-bond acceptors (Lipinski definition) is 4. The van der Waals surface area contributed by atoms with E-state index in [9.17, 15) is 4.79 Å². The zero-order chi connectivity index (χ0) is 13.5. The molecule has 0 spiro atoms. The topological polar surface area (TPSA) is 68.0 Å². The molecule has 5 heteroatoms. The Bertz CT molecular complexity index is 501. The van der Waals surface area contributed by atoms with Gasteiger partial charge in [-0.15, -0.1) is 11.8 Å². The number of carbonyl (C=O) groups excluding carboxylic acids is 1. The number of nitrogens with one attached hydrogen (secondary N) is 1. The van der Waals surface area contributed by atoms with E-state index in [0.717, 1.165) is 18.6 Å². The highest BCUT2D eigenvalue weighted by atomic mass is 32.2. The van der Waals surface area contributed by atoms with Crippen LogP contribution in [0.2, 0.25) is 0 Å². The van der Waals surface area contributed by atoms with Gasteiger partial charge in [-0.05, 0) is 36.6 Å². The summed E-state index contributed by atoms with van der Waals surface area (Å²) in [7, 11) is 0. The van der Waals surface area contributed by atoms with Gasteiger partial charge in [0.2, 0.25) is 5.91 Å². The second-order valence-electron chi connectivity index (χ2n) is 4.26. The molecule has 19 heavy (non-hydrogen) atoms. The molecule has 3 N–H and O–H groups in total. The fraction of sp³-hybridized carbons (Fsp3) is 0.429. The first kappa shape index (κ1) is 13.9. The Kier molecular flexibility index (Phi) is 5.25. The molecule has 0 aromatic carbocycles. The van der Waals surface area contributed by atoms with Crippen LogP contribution in [-0.4, -0.2) is 28.4 Å². The largest absolute Gasteiger partial charge is 0.320 e. The monoisotopic (exact) mass is 275 g/mol. The zero-order valence-corrected chi connectivity index (χ0v) is 11.5. The Hall–Kier alpha value is -1.51.